The molecule has 194 valence electrons. The van der Waals surface area contributed by atoms with Crippen LogP contribution in [0.15, 0.2) is 158 Å². The van der Waals surface area contributed by atoms with Crippen molar-refractivity contribution in [3.63, 3.8) is 0 Å². The zero-order valence-corrected chi connectivity index (χ0v) is 24.2. The van der Waals surface area contributed by atoms with Gasteiger partial charge in [0.05, 0.1) is 11.4 Å². The molecule has 6 aromatic rings. The van der Waals surface area contributed by atoms with E-state index in [1.807, 2.05) is 0 Å². The van der Waals surface area contributed by atoms with Crippen LogP contribution in [0, 0.1) is 0 Å². The molecule has 0 aromatic heterocycles. The number of para-hydroxylation sites is 2. The Kier molecular flexibility index (Phi) is 8.01. The third kappa shape index (κ3) is 5.85. The summed E-state index contributed by atoms with van der Waals surface area (Å²) in [5.74, 6) is 0. The first kappa shape index (κ1) is 26.0. The lowest BCUT2D eigenvalue weighted by Gasteiger charge is -2.31. The predicted octanol–water partition coefficient (Wildman–Crippen LogP) is 9.32. The standard InChI is InChI=1S/C36H30N2P2/c39-31-21-23-32(24-22-31)40-38(30-19-11-4-12-20-30)36-34(28-15-7-2-8-16-28)26-25-33(27-13-5-1-6-14-27)35(36)37-29-17-9-3-10-18-29/h1-26,37,40H,39H2. The summed E-state index contributed by atoms with van der Waals surface area (Å²) in [4.78, 5) is 0. The van der Waals surface area contributed by atoms with Gasteiger partial charge in [0.1, 0.15) is 0 Å². The Morgan fingerprint density at radius 2 is 1.00 bits per heavy atom. The van der Waals surface area contributed by atoms with Crippen LogP contribution in [0.25, 0.3) is 22.3 Å². The molecule has 0 spiro atoms. The van der Waals surface area contributed by atoms with Crippen molar-refractivity contribution in [1.82, 2.24) is 0 Å². The summed E-state index contributed by atoms with van der Waals surface area (Å²) in [6.45, 7) is 0. The highest BCUT2D eigenvalue weighted by Gasteiger charge is 2.23. The van der Waals surface area contributed by atoms with Gasteiger partial charge < -0.3 is 9.99 Å². The number of hydrogen-bond acceptors (Lipinski definition) is 2. The Morgan fingerprint density at radius 1 is 0.500 bits per heavy atom. The summed E-state index contributed by atoms with van der Waals surface area (Å²) < 4.78 is 2.47. The second-order valence-electron chi connectivity index (χ2n) is 9.51. The number of hydrogen-bond donors (Lipinski definition) is 1. The van der Waals surface area contributed by atoms with E-state index in [1.165, 1.54) is 27.3 Å². The maximum absolute atomic E-state index is 3.85. The van der Waals surface area contributed by atoms with Gasteiger partial charge in [0.2, 0.25) is 0 Å². The van der Waals surface area contributed by atoms with Crippen molar-refractivity contribution in [2.24, 2.45) is 0 Å². The molecule has 0 aliphatic rings. The number of nitrogens with one attached hydrogen (secondary N) is 1. The summed E-state index contributed by atoms with van der Waals surface area (Å²) in [6.07, 6.45) is 0. The average Bonchev–Trinajstić information content (AvgIpc) is 3.02. The Hall–Kier alpha value is -4.22. The van der Waals surface area contributed by atoms with E-state index in [0.29, 0.717) is 8.73 Å². The molecule has 0 radical (unpaired) electrons. The van der Waals surface area contributed by atoms with Gasteiger partial charge >= 0.3 is 0 Å². The highest BCUT2D eigenvalue weighted by Crippen LogP contribution is 2.50. The minimum Gasteiger partial charge on any atom is -0.353 e. The zero-order valence-electron chi connectivity index (χ0n) is 22.0. The molecular formula is C36H30N2P2. The molecule has 0 aliphatic carbocycles. The Labute approximate surface area is 240 Å². The Balaban J connectivity index is 1.65. The van der Waals surface area contributed by atoms with Gasteiger partial charge in [-0.2, -0.15) is 0 Å². The van der Waals surface area contributed by atoms with Gasteiger partial charge in [-0.05, 0) is 46.0 Å². The maximum Gasteiger partial charge on any atom is 0.0770 e. The number of anilines is 4. The monoisotopic (exact) mass is 552 g/mol. The highest BCUT2D eigenvalue weighted by atomic mass is 31.1. The summed E-state index contributed by atoms with van der Waals surface area (Å²) >= 11 is 0. The Morgan fingerprint density at radius 3 is 1.60 bits per heavy atom. The predicted molar refractivity (Wildman–Crippen MR) is 179 cm³/mol. The van der Waals surface area contributed by atoms with E-state index >= 15 is 0 Å². The lowest BCUT2D eigenvalue weighted by molar-refractivity contribution is 1.40. The van der Waals surface area contributed by atoms with E-state index in [2.05, 4.69) is 177 Å². The topological polar surface area (TPSA) is 15.3 Å². The van der Waals surface area contributed by atoms with E-state index < -0.39 is 0 Å². The maximum atomic E-state index is 3.85. The van der Waals surface area contributed by atoms with E-state index in [-0.39, 0.29) is 0 Å². The molecule has 2 atom stereocenters. The summed E-state index contributed by atoms with van der Waals surface area (Å²) in [7, 11) is 3.18. The zero-order chi connectivity index (χ0) is 27.1. The molecule has 2 nitrogen and oxygen atoms in total. The molecule has 2 unspecified atom stereocenters. The summed E-state index contributed by atoms with van der Waals surface area (Å²) in [5, 5.41) is 6.31. The van der Waals surface area contributed by atoms with Gasteiger partial charge in [0.15, 0.2) is 0 Å². The van der Waals surface area contributed by atoms with Crippen LogP contribution < -0.4 is 20.6 Å². The fourth-order valence-corrected chi connectivity index (χ4v) is 6.23. The fourth-order valence-electron chi connectivity index (χ4n) is 4.84. The highest BCUT2D eigenvalue weighted by molar-refractivity contribution is 7.49. The first-order chi connectivity index (χ1) is 19.8. The molecule has 0 saturated heterocycles. The number of benzene rings is 6. The van der Waals surface area contributed by atoms with Gasteiger partial charge in [-0.25, -0.2) is 0 Å². The van der Waals surface area contributed by atoms with Crippen molar-refractivity contribution in [3.8, 4) is 22.3 Å². The summed E-state index contributed by atoms with van der Waals surface area (Å²) in [6, 6.07) is 55.8. The fraction of sp³-hybridized carbons (Fsp3) is 0. The van der Waals surface area contributed by atoms with Gasteiger partial charge in [0, 0.05) is 31.2 Å². The van der Waals surface area contributed by atoms with Crippen molar-refractivity contribution in [1.29, 1.82) is 0 Å². The lowest BCUT2D eigenvalue weighted by atomic mass is 9.95. The Bertz CT molecular complexity index is 1670. The molecule has 4 heteroatoms. The minimum atomic E-state index is 0.383. The van der Waals surface area contributed by atoms with Gasteiger partial charge in [0.25, 0.3) is 0 Å². The van der Waals surface area contributed by atoms with E-state index in [0.717, 1.165) is 28.3 Å². The SMILES string of the molecule is Pc1ccc(PN(c2ccccc2)c2c(-c3ccccc3)ccc(-c3ccccc3)c2Nc2ccccc2)cc1. The first-order valence-electron chi connectivity index (χ1n) is 13.3. The third-order valence-corrected chi connectivity index (χ3v) is 8.46. The molecular weight excluding hydrogens is 522 g/mol. The average molecular weight is 553 g/mol. The second-order valence-corrected chi connectivity index (χ2v) is 11.4. The molecule has 0 bridgehead atoms. The van der Waals surface area contributed by atoms with Crippen LogP contribution in [0.3, 0.4) is 0 Å². The number of rotatable bonds is 8. The van der Waals surface area contributed by atoms with Crippen molar-refractivity contribution in [3.05, 3.63) is 158 Å². The van der Waals surface area contributed by atoms with Crippen LogP contribution in [0.2, 0.25) is 0 Å². The largest absolute Gasteiger partial charge is 0.353 e. The molecule has 0 amide bonds. The van der Waals surface area contributed by atoms with Crippen molar-refractivity contribution >= 4 is 51.3 Å². The molecule has 0 aliphatic heterocycles. The number of nitrogens with zero attached hydrogens (tertiary/aromatic N) is 1. The second kappa shape index (κ2) is 12.3. The van der Waals surface area contributed by atoms with Gasteiger partial charge in [-0.3, -0.25) is 0 Å². The summed E-state index contributed by atoms with van der Waals surface area (Å²) in [5.41, 5.74) is 9.12. The van der Waals surface area contributed by atoms with Crippen molar-refractivity contribution in [2.45, 2.75) is 0 Å². The molecule has 1 N–H and O–H groups in total. The third-order valence-electron chi connectivity index (χ3n) is 6.78. The normalized spacial score (nSPS) is 11.0. The molecule has 0 heterocycles. The smallest absolute Gasteiger partial charge is 0.0770 e. The van der Waals surface area contributed by atoms with Crippen LogP contribution in [0.4, 0.5) is 22.7 Å². The molecule has 0 saturated carbocycles. The van der Waals surface area contributed by atoms with Gasteiger partial charge in [-0.15, -0.1) is 9.24 Å². The molecule has 40 heavy (non-hydrogen) atoms. The molecule has 6 rings (SSSR count). The van der Waals surface area contributed by atoms with Crippen molar-refractivity contribution in [2.75, 3.05) is 9.99 Å². The molecule has 6 aromatic carbocycles. The van der Waals surface area contributed by atoms with Gasteiger partial charge in [-0.1, -0.05) is 133 Å². The lowest BCUT2D eigenvalue weighted by Crippen LogP contribution is -2.14. The van der Waals surface area contributed by atoms with Crippen molar-refractivity contribution < 1.29 is 0 Å². The van der Waals surface area contributed by atoms with E-state index in [4.69, 9.17) is 0 Å². The van der Waals surface area contributed by atoms with Crippen LogP contribution >= 0.6 is 18.0 Å². The quantitative estimate of drug-likeness (QED) is 0.189. The van der Waals surface area contributed by atoms with Crippen LogP contribution in [0.5, 0.6) is 0 Å². The first-order valence-corrected chi connectivity index (χ1v) is 14.9. The van der Waals surface area contributed by atoms with E-state index in [1.54, 1.807) is 0 Å². The van der Waals surface area contributed by atoms with Crippen LogP contribution in [-0.4, -0.2) is 0 Å². The van der Waals surface area contributed by atoms with Crippen LogP contribution in [-0.2, 0) is 0 Å². The molecule has 0 fully saturated rings. The van der Waals surface area contributed by atoms with E-state index in [9.17, 15) is 0 Å². The van der Waals surface area contributed by atoms with Crippen LogP contribution in [0.1, 0.15) is 0 Å². The minimum absolute atomic E-state index is 0.383.